The number of hydrogen-bond acceptors (Lipinski definition) is 2. The lowest BCUT2D eigenvalue weighted by Gasteiger charge is -2.49. The van der Waals surface area contributed by atoms with E-state index in [2.05, 4.69) is 37.9 Å². The van der Waals surface area contributed by atoms with Gasteiger partial charge in [-0.15, -0.1) is 0 Å². The van der Waals surface area contributed by atoms with Gasteiger partial charge in [-0.2, -0.15) is 0 Å². The lowest BCUT2D eigenvalue weighted by atomic mass is 9.82. The van der Waals surface area contributed by atoms with E-state index >= 15 is 0 Å². The van der Waals surface area contributed by atoms with E-state index in [1.165, 1.54) is 51.6 Å². The van der Waals surface area contributed by atoms with Crippen molar-refractivity contribution in [2.45, 2.75) is 83.8 Å². The van der Waals surface area contributed by atoms with Crippen LogP contribution in [-0.2, 0) is 0 Å². The summed E-state index contributed by atoms with van der Waals surface area (Å²) in [7, 11) is 0. The van der Waals surface area contributed by atoms with Crippen LogP contribution in [0.25, 0.3) is 0 Å². The number of hydrogen-bond donors (Lipinski definition) is 1. The highest BCUT2D eigenvalue weighted by Gasteiger charge is 2.36. The second-order valence-electron chi connectivity index (χ2n) is 7.08. The van der Waals surface area contributed by atoms with E-state index in [1.54, 1.807) is 0 Å². The Hall–Kier alpha value is -0.0800. The van der Waals surface area contributed by atoms with Crippen LogP contribution in [0.2, 0.25) is 0 Å². The highest BCUT2D eigenvalue weighted by atomic mass is 15.3. The molecule has 1 aliphatic heterocycles. The van der Waals surface area contributed by atoms with Crippen LogP contribution >= 0.6 is 0 Å². The van der Waals surface area contributed by atoms with Crippen molar-refractivity contribution < 1.29 is 0 Å². The number of rotatable bonds is 3. The van der Waals surface area contributed by atoms with Gasteiger partial charge in [0.15, 0.2) is 0 Å². The first-order valence-corrected chi connectivity index (χ1v) is 8.06. The molecule has 2 fully saturated rings. The van der Waals surface area contributed by atoms with Crippen LogP contribution < -0.4 is 5.32 Å². The fourth-order valence-electron chi connectivity index (χ4n) is 3.84. The minimum atomic E-state index is 0.299. The monoisotopic (exact) mass is 252 g/mol. The average molecular weight is 252 g/mol. The molecule has 1 saturated heterocycles. The summed E-state index contributed by atoms with van der Waals surface area (Å²) >= 11 is 0. The maximum absolute atomic E-state index is 3.71. The Morgan fingerprint density at radius 1 is 1.06 bits per heavy atom. The molecule has 18 heavy (non-hydrogen) atoms. The van der Waals surface area contributed by atoms with Gasteiger partial charge in [0.2, 0.25) is 0 Å². The highest BCUT2D eigenvalue weighted by Crippen LogP contribution is 2.32. The molecule has 1 atom stereocenters. The molecule has 1 aliphatic carbocycles. The van der Waals surface area contributed by atoms with E-state index in [4.69, 9.17) is 0 Å². The van der Waals surface area contributed by atoms with Crippen LogP contribution in [0.3, 0.4) is 0 Å². The minimum Gasteiger partial charge on any atom is -0.309 e. The van der Waals surface area contributed by atoms with Gasteiger partial charge in [-0.1, -0.05) is 20.3 Å². The van der Waals surface area contributed by atoms with Crippen LogP contribution in [-0.4, -0.2) is 35.6 Å². The summed E-state index contributed by atoms with van der Waals surface area (Å²) in [6, 6.07) is 1.63. The van der Waals surface area contributed by atoms with Crippen molar-refractivity contribution in [3.8, 4) is 0 Å². The molecule has 1 unspecified atom stereocenters. The summed E-state index contributed by atoms with van der Waals surface area (Å²) in [6.45, 7) is 11.8. The van der Waals surface area contributed by atoms with E-state index in [0.29, 0.717) is 5.54 Å². The third-order valence-corrected chi connectivity index (χ3v) is 5.20. The van der Waals surface area contributed by atoms with Crippen molar-refractivity contribution in [1.29, 1.82) is 0 Å². The van der Waals surface area contributed by atoms with Crippen LogP contribution in [0.15, 0.2) is 0 Å². The largest absolute Gasteiger partial charge is 0.309 e. The molecule has 2 aliphatic rings. The predicted octanol–water partition coefficient (Wildman–Crippen LogP) is 3.42. The van der Waals surface area contributed by atoms with Crippen LogP contribution in [0, 0.1) is 5.92 Å². The fourth-order valence-corrected chi connectivity index (χ4v) is 3.84. The quantitative estimate of drug-likeness (QED) is 0.828. The highest BCUT2D eigenvalue weighted by molar-refractivity contribution is 4.95. The van der Waals surface area contributed by atoms with Crippen molar-refractivity contribution >= 4 is 0 Å². The molecule has 0 bridgehead atoms. The van der Waals surface area contributed by atoms with Crippen molar-refractivity contribution in [3.05, 3.63) is 0 Å². The number of nitrogens with one attached hydrogen (secondary N) is 1. The fraction of sp³-hybridized carbons (Fsp3) is 1.00. The maximum Gasteiger partial charge on any atom is 0.0253 e. The lowest BCUT2D eigenvalue weighted by molar-refractivity contribution is 0.0293. The summed E-state index contributed by atoms with van der Waals surface area (Å²) in [5.41, 5.74) is 0.299. The Labute approximate surface area is 114 Å². The molecular weight excluding hydrogens is 220 g/mol. The van der Waals surface area contributed by atoms with Gasteiger partial charge in [-0.25, -0.2) is 0 Å². The zero-order chi connectivity index (χ0) is 13.2. The summed E-state index contributed by atoms with van der Waals surface area (Å²) < 4.78 is 0. The first kappa shape index (κ1) is 14.3. The molecule has 0 aromatic carbocycles. The summed E-state index contributed by atoms with van der Waals surface area (Å²) in [5, 5.41) is 3.71. The molecular formula is C16H32N2. The minimum absolute atomic E-state index is 0.299. The smallest absolute Gasteiger partial charge is 0.0253 e. The van der Waals surface area contributed by atoms with Crippen molar-refractivity contribution in [3.63, 3.8) is 0 Å². The molecule has 2 nitrogen and oxygen atoms in total. The second-order valence-corrected chi connectivity index (χ2v) is 7.08. The van der Waals surface area contributed by atoms with Crippen LogP contribution in [0.4, 0.5) is 0 Å². The second kappa shape index (κ2) is 5.92. The maximum atomic E-state index is 3.71. The van der Waals surface area contributed by atoms with Crippen LogP contribution in [0.1, 0.15) is 66.2 Å². The van der Waals surface area contributed by atoms with Gasteiger partial charge in [0.05, 0.1) is 0 Å². The molecule has 1 heterocycles. The molecule has 2 heteroatoms. The molecule has 1 saturated carbocycles. The van der Waals surface area contributed by atoms with Gasteiger partial charge in [0.1, 0.15) is 0 Å². The third-order valence-electron chi connectivity index (χ3n) is 5.20. The summed E-state index contributed by atoms with van der Waals surface area (Å²) in [4.78, 5) is 2.84. The van der Waals surface area contributed by atoms with Gasteiger partial charge in [0.25, 0.3) is 0 Å². The van der Waals surface area contributed by atoms with E-state index < -0.39 is 0 Å². The Bertz CT molecular complexity index is 254. The topological polar surface area (TPSA) is 15.3 Å². The summed E-state index contributed by atoms with van der Waals surface area (Å²) in [6.07, 6.45) is 8.47. The SMILES string of the molecule is CCC1CCC(N2CC(C)(C)NCC2CC)CC1. The van der Waals surface area contributed by atoms with Gasteiger partial charge in [-0.05, 0) is 51.9 Å². The summed E-state index contributed by atoms with van der Waals surface area (Å²) in [5.74, 6) is 1.01. The molecule has 0 aromatic heterocycles. The first-order chi connectivity index (χ1) is 8.55. The zero-order valence-corrected chi connectivity index (χ0v) is 12.8. The Kier molecular flexibility index (Phi) is 4.71. The van der Waals surface area contributed by atoms with E-state index in [0.717, 1.165) is 18.0 Å². The van der Waals surface area contributed by atoms with Crippen molar-refractivity contribution in [2.24, 2.45) is 5.92 Å². The van der Waals surface area contributed by atoms with Gasteiger partial charge in [-0.3, -0.25) is 4.90 Å². The van der Waals surface area contributed by atoms with Gasteiger partial charge in [0, 0.05) is 30.7 Å². The van der Waals surface area contributed by atoms with E-state index in [1.807, 2.05) is 0 Å². The van der Waals surface area contributed by atoms with Crippen LogP contribution in [0.5, 0.6) is 0 Å². The molecule has 2 rings (SSSR count). The molecule has 0 radical (unpaired) electrons. The molecule has 0 spiro atoms. The Morgan fingerprint density at radius 3 is 2.28 bits per heavy atom. The van der Waals surface area contributed by atoms with E-state index in [-0.39, 0.29) is 0 Å². The number of piperazine rings is 1. The zero-order valence-electron chi connectivity index (χ0n) is 12.8. The molecule has 1 N–H and O–H groups in total. The third kappa shape index (κ3) is 3.27. The normalized spacial score (nSPS) is 37.7. The Balaban J connectivity index is 1.96. The average Bonchev–Trinajstić information content (AvgIpc) is 2.38. The first-order valence-electron chi connectivity index (χ1n) is 8.06. The standard InChI is InChI=1S/C16H32N2/c1-5-13-7-9-15(10-8-13)18-12-16(3,4)17-11-14(18)6-2/h13-15,17H,5-12H2,1-4H3. The van der Waals surface area contributed by atoms with Gasteiger partial charge < -0.3 is 5.32 Å². The lowest BCUT2D eigenvalue weighted by Crippen LogP contribution is -2.64. The predicted molar refractivity (Wildman–Crippen MR) is 78.9 cm³/mol. The van der Waals surface area contributed by atoms with E-state index in [9.17, 15) is 0 Å². The van der Waals surface area contributed by atoms with Crippen molar-refractivity contribution in [1.82, 2.24) is 10.2 Å². The number of nitrogens with zero attached hydrogens (tertiary/aromatic N) is 1. The Morgan fingerprint density at radius 2 is 1.72 bits per heavy atom. The molecule has 0 amide bonds. The molecule has 0 aromatic rings. The molecule has 106 valence electrons. The van der Waals surface area contributed by atoms with Crippen molar-refractivity contribution in [2.75, 3.05) is 13.1 Å². The van der Waals surface area contributed by atoms with Gasteiger partial charge >= 0.3 is 0 Å².